The van der Waals surface area contributed by atoms with Crippen LogP contribution in [0.1, 0.15) is 18.9 Å². The van der Waals surface area contributed by atoms with Gasteiger partial charge in [-0.1, -0.05) is 6.92 Å². The third-order valence-corrected chi connectivity index (χ3v) is 6.17. The third kappa shape index (κ3) is 3.57. The number of likely N-dealkylation sites (N-methyl/N-ethyl adjacent to an activating group) is 1. The summed E-state index contributed by atoms with van der Waals surface area (Å²) in [5.74, 6) is 0.460. The summed E-state index contributed by atoms with van der Waals surface area (Å²) in [7, 11) is 3.88. The molecule has 3 aromatic rings. The Balaban J connectivity index is 1.53. The number of nitrogens with one attached hydrogen (secondary N) is 1. The molecule has 1 aliphatic heterocycles. The Morgan fingerprint density at radius 3 is 2.73 bits per heavy atom. The summed E-state index contributed by atoms with van der Waals surface area (Å²) in [4.78, 5) is 26.6. The number of likely N-dealkylation sites (tertiary alicyclic amines) is 1. The first-order valence-electron chi connectivity index (χ1n) is 10.2. The Hall–Kier alpha value is -3.53. The number of aromatic amines is 1. The summed E-state index contributed by atoms with van der Waals surface area (Å²) in [6.07, 6.45) is 4.67. The predicted octanol–water partition coefficient (Wildman–Crippen LogP) is 3.84. The Morgan fingerprint density at radius 1 is 1.23 bits per heavy atom. The molecule has 7 nitrogen and oxygen atoms in total. The number of benzene rings is 1. The molecule has 1 aromatic carbocycles. The third-order valence-electron chi connectivity index (χ3n) is 6.17. The predicted molar refractivity (Wildman–Crippen MR) is 119 cm³/mol. The zero-order valence-electron chi connectivity index (χ0n) is 17.5. The van der Waals surface area contributed by atoms with E-state index in [0.717, 1.165) is 35.4 Å². The van der Waals surface area contributed by atoms with Gasteiger partial charge in [0.05, 0.1) is 11.6 Å². The van der Waals surface area contributed by atoms with Crippen LogP contribution < -0.4 is 9.80 Å². The molecule has 0 spiro atoms. The van der Waals surface area contributed by atoms with Crippen LogP contribution in [0.25, 0.3) is 11.0 Å². The van der Waals surface area contributed by atoms with Crippen molar-refractivity contribution in [2.75, 3.05) is 37.0 Å². The number of nitrogens with zero attached hydrogens (tertiary/aromatic N) is 5. The number of pyridine rings is 1. The summed E-state index contributed by atoms with van der Waals surface area (Å²) in [5, 5.41) is 10.1. The van der Waals surface area contributed by atoms with Gasteiger partial charge in [0.2, 0.25) is 0 Å². The second-order valence-electron chi connectivity index (χ2n) is 7.96. The van der Waals surface area contributed by atoms with Crippen molar-refractivity contribution in [2.45, 2.75) is 19.4 Å². The first-order chi connectivity index (χ1) is 14.5. The Bertz CT molecular complexity index is 1080. The molecule has 0 aliphatic carbocycles. The van der Waals surface area contributed by atoms with Crippen LogP contribution in [-0.2, 0) is 0 Å². The van der Waals surface area contributed by atoms with Crippen molar-refractivity contribution in [3.05, 3.63) is 54.4 Å². The number of anilines is 2. The van der Waals surface area contributed by atoms with E-state index in [-0.39, 0.29) is 12.1 Å². The number of piperidine rings is 1. The van der Waals surface area contributed by atoms with E-state index in [9.17, 15) is 4.79 Å². The van der Waals surface area contributed by atoms with Crippen LogP contribution in [0.4, 0.5) is 16.2 Å². The van der Waals surface area contributed by atoms with Crippen molar-refractivity contribution < 1.29 is 4.79 Å². The molecular formula is C23H26N6O. The monoisotopic (exact) mass is 402 g/mol. The number of urea groups is 1. The largest absolute Gasteiger partial charge is 0.369 e. The number of hydrogen-bond donors (Lipinski definition) is 1. The van der Waals surface area contributed by atoms with Crippen LogP contribution >= 0.6 is 0 Å². The number of fused-ring (bicyclic) bond motifs is 1. The fourth-order valence-electron chi connectivity index (χ4n) is 4.24. The van der Waals surface area contributed by atoms with Gasteiger partial charge in [-0.25, -0.2) is 9.78 Å². The fourth-order valence-corrected chi connectivity index (χ4v) is 4.24. The number of aromatic nitrogens is 2. The number of carbonyl (C=O) groups excluding carboxylic acids is 1. The van der Waals surface area contributed by atoms with Gasteiger partial charge in [0.15, 0.2) is 0 Å². The van der Waals surface area contributed by atoms with Gasteiger partial charge in [0, 0.05) is 62.4 Å². The van der Waals surface area contributed by atoms with Crippen molar-refractivity contribution in [2.24, 2.45) is 5.92 Å². The van der Waals surface area contributed by atoms with Crippen LogP contribution in [0.15, 0.2) is 48.8 Å². The van der Waals surface area contributed by atoms with E-state index in [1.165, 1.54) is 0 Å². The standard InChI is InChI=1S/C23H26N6O/c1-16-10-13-29(23(30)27(2)18-6-4-17(14-24)5-7-18)15-21(16)28(3)20-9-12-26-22-19(20)8-11-25-22/h4-9,11-12,16,21H,10,13,15H2,1-3H3,(H,25,26)/t16-,21+/m1/s1. The van der Waals surface area contributed by atoms with Gasteiger partial charge in [0.25, 0.3) is 0 Å². The molecule has 0 bridgehead atoms. The minimum atomic E-state index is -0.0217. The molecule has 154 valence electrons. The van der Waals surface area contributed by atoms with Crippen molar-refractivity contribution >= 4 is 28.4 Å². The molecule has 1 N–H and O–H groups in total. The summed E-state index contributed by atoms with van der Waals surface area (Å²) in [6.45, 7) is 3.65. The number of amides is 2. The second-order valence-corrected chi connectivity index (χ2v) is 7.96. The van der Waals surface area contributed by atoms with E-state index < -0.39 is 0 Å². The zero-order chi connectivity index (χ0) is 21.3. The minimum absolute atomic E-state index is 0.0217. The molecule has 1 fully saturated rings. The van der Waals surface area contributed by atoms with Gasteiger partial charge in [0.1, 0.15) is 5.65 Å². The smallest absolute Gasteiger partial charge is 0.324 e. The fraction of sp³-hybridized carbons (Fsp3) is 0.348. The molecule has 2 amide bonds. The minimum Gasteiger partial charge on any atom is -0.369 e. The SMILES string of the molecule is C[C@@H]1CCN(C(=O)N(C)c2ccc(C#N)cc2)C[C@@H]1N(C)c1ccnc2[nH]ccc12. The molecule has 2 atom stereocenters. The van der Waals surface area contributed by atoms with E-state index in [1.54, 1.807) is 24.1 Å². The number of rotatable bonds is 3. The van der Waals surface area contributed by atoms with Crippen molar-refractivity contribution in [3.8, 4) is 6.07 Å². The number of carbonyl (C=O) groups is 1. The topological polar surface area (TPSA) is 79.3 Å². The van der Waals surface area contributed by atoms with Gasteiger partial charge in [-0.3, -0.25) is 4.90 Å². The Labute approximate surface area is 176 Å². The first kappa shape index (κ1) is 19.8. The van der Waals surface area contributed by atoms with E-state index in [4.69, 9.17) is 5.26 Å². The Kier molecular flexibility index (Phi) is 5.32. The maximum absolute atomic E-state index is 13.2. The van der Waals surface area contributed by atoms with Gasteiger partial charge in [-0.05, 0) is 48.7 Å². The molecule has 1 saturated heterocycles. The maximum atomic E-state index is 13.2. The highest BCUT2D eigenvalue weighted by Crippen LogP contribution is 2.30. The molecule has 0 radical (unpaired) electrons. The molecule has 3 heterocycles. The Morgan fingerprint density at radius 2 is 2.00 bits per heavy atom. The van der Waals surface area contributed by atoms with Crippen LogP contribution in [0.5, 0.6) is 0 Å². The second kappa shape index (κ2) is 8.07. The lowest BCUT2D eigenvalue weighted by Gasteiger charge is -2.43. The molecule has 0 saturated carbocycles. The zero-order valence-corrected chi connectivity index (χ0v) is 17.5. The van der Waals surface area contributed by atoms with Gasteiger partial charge in [-0.15, -0.1) is 0 Å². The lowest BCUT2D eigenvalue weighted by molar-refractivity contribution is 0.168. The maximum Gasteiger partial charge on any atom is 0.324 e. The molecular weight excluding hydrogens is 376 g/mol. The first-order valence-corrected chi connectivity index (χ1v) is 10.2. The highest BCUT2D eigenvalue weighted by atomic mass is 16.2. The van der Waals surface area contributed by atoms with Crippen molar-refractivity contribution in [1.29, 1.82) is 5.26 Å². The van der Waals surface area contributed by atoms with Gasteiger partial charge >= 0.3 is 6.03 Å². The molecule has 4 rings (SSSR count). The average molecular weight is 403 g/mol. The summed E-state index contributed by atoms with van der Waals surface area (Å²) >= 11 is 0. The molecule has 7 heteroatoms. The number of hydrogen-bond acceptors (Lipinski definition) is 4. The highest BCUT2D eigenvalue weighted by molar-refractivity contribution is 5.92. The molecule has 0 unspecified atom stereocenters. The van der Waals surface area contributed by atoms with Gasteiger partial charge in [-0.2, -0.15) is 5.26 Å². The molecule has 30 heavy (non-hydrogen) atoms. The summed E-state index contributed by atoms with van der Waals surface area (Å²) < 4.78 is 0. The summed E-state index contributed by atoms with van der Waals surface area (Å²) in [5.41, 5.74) is 3.36. The molecule has 2 aromatic heterocycles. The van der Waals surface area contributed by atoms with E-state index >= 15 is 0 Å². The van der Waals surface area contributed by atoms with Gasteiger partial charge < -0.3 is 14.8 Å². The van der Waals surface area contributed by atoms with Crippen molar-refractivity contribution in [1.82, 2.24) is 14.9 Å². The van der Waals surface area contributed by atoms with E-state index in [2.05, 4.69) is 34.9 Å². The number of nitriles is 1. The van der Waals surface area contributed by atoms with Crippen LogP contribution in [0, 0.1) is 17.2 Å². The van der Waals surface area contributed by atoms with Crippen LogP contribution in [0.3, 0.4) is 0 Å². The number of H-pyrrole nitrogens is 1. The highest BCUT2D eigenvalue weighted by Gasteiger charge is 2.33. The van der Waals surface area contributed by atoms with Crippen molar-refractivity contribution in [3.63, 3.8) is 0 Å². The van der Waals surface area contributed by atoms with E-state index in [1.807, 2.05) is 41.6 Å². The quantitative estimate of drug-likeness (QED) is 0.722. The summed E-state index contributed by atoms with van der Waals surface area (Å²) in [6, 6.07) is 13.5. The lowest BCUT2D eigenvalue weighted by Crippen LogP contribution is -2.55. The van der Waals surface area contributed by atoms with E-state index in [0.29, 0.717) is 18.0 Å². The molecule has 1 aliphatic rings. The lowest BCUT2D eigenvalue weighted by atomic mass is 9.92. The normalized spacial score (nSPS) is 18.8. The van der Waals surface area contributed by atoms with Crippen LogP contribution in [0.2, 0.25) is 0 Å². The average Bonchev–Trinajstić information content (AvgIpc) is 3.27. The van der Waals surface area contributed by atoms with Crippen LogP contribution in [-0.4, -0.2) is 54.1 Å².